The molecule has 2 fully saturated rings. The predicted molar refractivity (Wildman–Crippen MR) is 36.6 cm³/mol. The zero-order chi connectivity index (χ0) is 7.14. The molecule has 0 unspecified atom stereocenters. The third kappa shape index (κ3) is 0.779. The SMILES string of the molecule is C[C@@H]1CO[C@H]2[C@@H]1OC[C@@H]2N. The van der Waals surface area contributed by atoms with Gasteiger partial charge in [-0.05, 0) is 0 Å². The zero-order valence-corrected chi connectivity index (χ0v) is 6.12. The van der Waals surface area contributed by atoms with E-state index in [4.69, 9.17) is 15.2 Å². The Labute approximate surface area is 60.5 Å². The summed E-state index contributed by atoms with van der Waals surface area (Å²) in [5.41, 5.74) is 5.73. The number of hydrogen-bond acceptors (Lipinski definition) is 3. The van der Waals surface area contributed by atoms with E-state index < -0.39 is 0 Å². The average molecular weight is 143 g/mol. The van der Waals surface area contributed by atoms with Crippen LogP contribution in [0.1, 0.15) is 6.92 Å². The minimum atomic E-state index is 0.106. The lowest BCUT2D eigenvalue weighted by Crippen LogP contribution is -2.35. The molecule has 2 N–H and O–H groups in total. The summed E-state index contributed by atoms with van der Waals surface area (Å²) in [6.45, 7) is 3.62. The molecule has 2 aliphatic rings. The molecule has 0 saturated carbocycles. The maximum atomic E-state index is 5.73. The van der Waals surface area contributed by atoms with Crippen LogP contribution in [0.4, 0.5) is 0 Å². The van der Waals surface area contributed by atoms with Crippen molar-refractivity contribution in [2.45, 2.75) is 25.2 Å². The topological polar surface area (TPSA) is 44.5 Å². The highest BCUT2D eigenvalue weighted by Gasteiger charge is 2.43. The van der Waals surface area contributed by atoms with Crippen molar-refractivity contribution in [3.63, 3.8) is 0 Å². The molecule has 0 aromatic rings. The first-order valence-corrected chi connectivity index (χ1v) is 3.78. The van der Waals surface area contributed by atoms with E-state index in [-0.39, 0.29) is 18.2 Å². The van der Waals surface area contributed by atoms with Crippen molar-refractivity contribution in [2.75, 3.05) is 13.2 Å². The summed E-state index contributed by atoms with van der Waals surface area (Å²) in [6, 6.07) is 0.106. The average Bonchev–Trinajstić information content (AvgIpc) is 2.41. The van der Waals surface area contributed by atoms with Gasteiger partial charge >= 0.3 is 0 Å². The Morgan fingerprint density at radius 1 is 1.20 bits per heavy atom. The van der Waals surface area contributed by atoms with E-state index in [9.17, 15) is 0 Å². The van der Waals surface area contributed by atoms with E-state index in [2.05, 4.69) is 6.92 Å². The fraction of sp³-hybridized carbons (Fsp3) is 1.00. The smallest absolute Gasteiger partial charge is 0.101 e. The molecule has 0 amide bonds. The van der Waals surface area contributed by atoms with Gasteiger partial charge < -0.3 is 15.2 Å². The molecule has 0 radical (unpaired) electrons. The van der Waals surface area contributed by atoms with Crippen molar-refractivity contribution in [3.05, 3.63) is 0 Å². The van der Waals surface area contributed by atoms with E-state index >= 15 is 0 Å². The molecule has 10 heavy (non-hydrogen) atoms. The normalized spacial score (nSPS) is 53.4. The molecule has 0 bridgehead atoms. The maximum Gasteiger partial charge on any atom is 0.101 e. The number of fused-ring (bicyclic) bond motifs is 1. The summed E-state index contributed by atoms with van der Waals surface area (Å²) < 4.78 is 10.9. The second-order valence-corrected chi connectivity index (χ2v) is 3.24. The van der Waals surface area contributed by atoms with Crippen LogP contribution in [-0.2, 0) is 9.47 Å². The minimum absolute atomic E-state index is 0.106. The van der Waals surface area contributed by atoms with Gasteiger partial charge in [0.05, 0.1) is 25.4 Å². The third-order valence-corrected chi connectivity index (χ3v) is 2.34. The lowest BCUT2D eigenvalue weighted by Gasteiger charge is -2.10. The summed E-state index contributed by atoms with van der Waals surface area (Å²) in [7, 11) is 0. The van der Waals surface area contributed by atoms with Gasteiger partial charge in [-0.15, -0.1) is 0 Å². The van der Waals surface area contributed by atoms with Crippen LogP contribution in [0.15, 0.2) is 0 Å². The highest BCUT2D eigenvalue weighted by atomic mass is 16.6. The molecular weight excluding hydrogens is 130 g/mol. The van der Waals surface area contributed by atoms with Gasteiger partial charge in [0.15, 0.2) is 0 Å². The first-order chi connectivity index (χ1) is 4.79. The predicted octanol–water partition coefficient (Wildman–Crippen LogP) is -0.253. The Balaban J connectivity index is 2.09. The van der Waals surface area contributed by atoms with Gasteiger partial charge in [-0.1, -0.05) is 6.92 Å². The molecule has 58 valence electrons. The minimum Gasteiger partial charge on any atom is -0.373 e. The zero-order valence-electron chi connectivity index (χ0n) is 6.12. The van der Waals surface area contributed by atoms with E-state index in [0.717, 1.165) is 6.61 Å². The summed E-state index contributed by atoms with van der Waals surface area (Å²) in [4.78, 5) is 0. The van der Waals surface area contributed by atoms with Gasteiger partial charge in [0, 0.05) is 5.92 Å². The van der Waals surface area contributed by atoms with Gasteiger partial charge in [-0.3, -0.25) is 0 Å². The highest BCUT2D eigenvalue weighted by molar-refractivity contribution is 4.94. The fourth-order valence-electron chi connectivity index (χ4n) is 1.72. The van der Waals surface area contributed by atoms with Crippen LogP contribution >= 0.6 is 0 Å². The van der Waals surface area contributed by atoms with Gasteiger partial charge in [0.25, 0.3) is 0 Å². The second-order valence-electron chi connectivity index (χ2n) is 3.24. The number of hydrogen-bond donors (Lipinski definition) is 1. The standard InChI is InChI=1S/C7H13NO2/c1-4-2-9-7-5(8)3-10-6(4)7/h4-7H,2-3,8H2,1H3/t4-,5+,6-,7-/m1/s1. The van der Waals surface area contributed by atoms with Gasteiger partial charge in [-0.25, -0.2) is 0 Å². The summed E-state index contributed by atoms with van der Waals surface area (Å²) in [6.07, 6.45) is 0.449. The maximum absolute atomic E-state index is 5.73. The van der Waals surface area contributed by atoms with Gasteiger partial charge in [-0.2, -0.15) is 0 Å². The molecule has 2 aliphatic heterocycles. The molecule has 0 spiro atoms. The molecule has 2 rings (SSSR count). The quantitative estimate of drug-likeness (QED) is 0.508. The Morgan fingerprint density at radius 2 is 1.90 bits per heavy atom. The Bertz CT molecular complexity index is 124. The molecule has 3 nitrogen and oxygen atoms in total. The van der Waals surface area contributed by atoms with Crippen molar-refractivity contribution in [3.8, 4) is 0 Å². The van der Waals surface area contributed by atoms with Crippen molar-refractivity contribution in [1.82, 2.24) is 0 Å². The summed E-state index contributed by atoms with van der Waals surface area (Å²) in [5, 5.41) is 0. The number of nitrogens with two attached hydrogens (primary N) is 1. The monoisotopic (exact) mass is 143 g/mol. The fourth-order valence-corrected chi connectivity index (χ4v) is 1.72. The lowest BCUT2D eigenvalue weighted by atomic mass is 10.0. The molecule has 3 heteroatoms. The molecule has 2 saturated heterocycles. The largest absolute Gasteiger partial charge is 0.373 e. The second kappa shape index (κ2) is 2.19. The Kier molecular flexibility index (Phi) is 1.44. The van der Waals surface area contributed by atoms with Crippen LogP contribution in [0, 0.1) is 5.92 Å². The summed E-state index contributed by atoms with van der Waals surface area (Å²) >= 11 is 0. The van der Waals surface area contributed by atoms with Gasteiger partial charge in [0.1, 0.15) is 6.10 Å². The van der Waals surface area contributed by atoms with Crippen LogP contribution in [-0.4, -0.2) is 31.5 Å². The Morgan fingerprint density at radius 3 is 2.60 bits per heavy atom. The van der Waals surface area contributed by atoms with E-state index in [1.165, 1.54) is 0 Å². The van der Waals surface area contributed by atoms with Crippen LogP contribution in [0.3, 0.4) is 0 Å². The van der Waals surface area contributed by atoms with Crippen molar-refractivity contribution in [1.29, 1.82) is 0 Å². The molecule has 2 heterocycles. The van der Waals surface area contributed by atoms with Crippen molar-refractivity contribution in [2.24, 2.45) is 11.7 Å². The van der Waals surface area contributed by atoms with E-state index in [1.807, 2.05) is 0 Å². The number of ether oxygens (including phenoxy) is 2. The molecule has 0 aromatic heterocycles. The van der Waals surface area contributed by atoms with Crippen molar-refractivity contribution >= 4 is 0 Å². The molecular formula is C7H13NO2. The highest BCUT2D eigenvalue weighted by Crippen LogP contribution is 2.29. The summed E-state index contributed by atoms with van der Waals surface area (Å²) in [5.74, 6) is 0.526. The van der Waals surface area contributed by atoms with Crippen LogP contribution < -0.4 is 5.73 Å². The number of rotatable bonds is 0. The molecule has 0 aromatic carbocycles. The molecule has 0 aliphatic carbocycles. The lowest BCUT2D eigenvalue weighted by molar-refractivity contribution is 0.0650. The van der Waals surface area contributed by atoms with Crippen LogP contribution in [0.25, 0.3) is 0 Å². The third-order valence-electron chi connectivity index (χ3n) is 2.34. The van der Waals surface area contributed by atoms with Crippen molar-refractivity contribution < 1.29 is 9.47 Å². The van der Waals surface area contributed by atoms with Crippen LogP contribution in [0.2, 0.25) is 0 Å². The first-order valence-electron chi connectivity index (χ1n) is 3.78. The van der Waals surface area contributed by atoms with E-state index in [1.54, 1.807) is 0 Å². The van der Waals surface area contributed by atoms with Crippen LogP contribution in [0.5, 0.6) is 0 Å². The van der Waals surface area contributed by atoms with E-state index in [0.29, 0.717) is 12.5 Å². The first kappa shape index (κ1) is 6.58. The Hall–Kier alpha value is -0.120. The van der Waals surface area contributed by atoms with Gasteiger partial charge in [0.2, 0.25) is 0 Å². The molecule has 4 atom stereocenters.